The first-order valence-corrected chi connectivity index (χ1v) is 7.76. The lowest BCUT2D eigenvalue weighted by molar-refractivity contribution is 0.130. The van der Waals surface area contributed by atoms with E-state index in [4.69, 9.17) is 60.0 Å². The summed E-state index contributed by atoms with van der Waals surface area (Å²) in [5.41, 5.74) is 0. The summed E-state index contributed by atoms with van der Waals surface area (Å²) in [6.45, 7) is 6.14. The van der Waals surface area contributed by atoms with Crippen molar-refractivity contribution >= 4 is 54.2 Å². The fourth-order valence-electron chi connectivity index (χ4n) is 0.724. The van der Waals surface area contributed by atoms with Gasteiger partial charge in [0.1, 0.15) is 20.5 Å². The fraction of sp³-hybridized carbons (Fsp3) is 0.556. The van der Waals surface area contributed by atoms with Gasteiger partial charge in [-0.1, -0.05) is 46.4 Å². The van der Waals surface area contributed by atoms with E-state index in [9.17, 15) is 4.57 Å². The van der Waals surface area contributed by atoms with Crippen LogP contribution < -0.4 is 0 Å². The molecule has 0 saturated carbocycles. The summed E-state index contributed by atoms with van der Waals surface area (Å²) in [5.74, 6) is 0.00150. The van der Waals surface area contributed by atoms with Crippen molar-refractivity contribution in [2.45, 2.75) is 33.8 Å². The van der Waals surface area contributed by atoms with Crippen LogP contribution in [0.3, 0.4) is 0 Å². The Hall–Kier alpha value is 0.430. The van der Waals surface area contributed by atoms with Gasteiger partial charge < -0.3 is 9.05 Å². The number of phosphoric ester groups is 1. The molecule has 4 nitrogen and oxygen atoms in total. The molecule has 0 saturated heterocycles. The summed E-state index contributed by atoms with van der Waals surface area (Å²) in [6, 6.07) is 0. The van der Waals surface area contributed by atoms with Gasteiger partial charge in [-0.2, -0.15) is 0 Å². The van der Waals surface area contributed by atoms with E-state index in [1.54, 1.807) is 13.8 Å². The molecule has 0 bridgehead atoms. The summed E-state index contributed by atoms with van der Waals surface area (Å²) in [5, 5.41) is 0. The number of rotatable bonds is 6. The highest BCUT2D eigenvalue weighted by Gasteiger charge is 2.33. The maximum atomic E-state index is 12.3. The van der Waals surface area contributed by atoms with Crippen molar-refractivity contribution in [3.8, 4) is 0 Å². The molecule has 0 fully saturated rings. The van der Waals surface area contributed by atoms with E-state index in [1.165, 1.54) is 13.8 Å². The van der Waals surface area contributed by atoms with Gasteiger partial charge in [-0.25, -0.2) is 4.57 Å². The van der Waals surface area contributed by atoms with Crippen molar-refractivity contribution in [3.05, 3.63) is 20.5 Å². The van der Waals surface area contributed by atoms with E-state index >= 15 is 0 Å². The normalized spacial score (nSPS) is 11.2. The van der Waals surface area contributed by atoms with E-state index in [0.717, 1.165) is 0 Å². The minimum atomic E-state index is -3.95. The topological polar surface area (TPSA) is 44.8 Å². The molecule has 0 heterocycles. The highest BCUT2D eigenvalue weighted by atomic mass is 35.5. The minimum absolute atomic E-state index is 0.000751. The van der Waals surface area contributed by atoms with Gasteiger partial charge >= 0.3 is 7.82 Å². The average Bonchev–Trinajstić information content (AvgIpc) is 2.14. The lowest BCUT2D eigenvalue weighted by atomic mass is 10.5. The molecule has 106 valence electrons. The van der Waals surface area contributed by atoms with Crippen LogP contribution in [0.15, 0.2) is 20.5 Å². The third kappa shape index (κ3) is 7.13. The van der Waals surface area contributed by atoms with Crippen LogP contribution in [0.25, 0.3) is 0 Å². The zero-order valence-corrected chi connectivity index (χ0v) is 14.1. The van der Waals surface area contributed by atoms with Gasteiger partial charge in [0.25, 0.3) is 0 Å². The molecular weight excluding hydrogens is 345 g/mol. The number of hydrogen-bond donors (Lipinski definition) is 0. The summed E-state index contributed by atoms with van der Waals surface area (Å²) >= 11 is 22.0. The third-order valence-corrected chi connectivity index (χ3v) is 4.11. The second-order valence-corrected chi connectivity index (χ2v) is 6.79. The Labute approximate surface area is 126 Å². The summed E-state index contributed by atoms with van der Waals surface area (Å²) < 4.78 is 27.0. The van der Waals surface area contributed by atoms with E-state index in [0.29, 0.717) is 0 Å². The van der Waals surface area contributed by atoms with E-state index in [-0.39, 0.29) is 20.5 Å². The van der Waals surface area contributed by atoms with Crippen LogP contribution in [-0.4, -0.2) is 6.10 Å². The molecule has 18 heavy (non-hydrogen) atoms. The molecule has 0 atom stereocenters. The lowest BCUT2D eigenvalue weighted by Crippen LogP contribution is -2.05. The monoisotopic (exact) mass is 356 g/mol. The number of phosphoric acid groups is 1. The Bertz CT molecular complexity index is 367. The second-order valence-electron chi connectivity index (χ2n) is 3.42. The van der Waals surface area contributed by atoms with Crippen molar-refractivity contribution in [2.24, 2.45) is 0 Å². The molecule has 0 aliphatic heterocycles. The third-order valence-electron chi connectivity index (χ3n) is 1.37. The Morgan fingerprint density at radius 3 is 1.50 bits per heavy atom. The lowest BCUT2D eigenvalue weighted by Gasteiger charge is -2.21. The molecule has 0 aromatic carbocycles. The molecule has 0 aromatic heterocycles. The Balaban J connectivity index is 5.15. The standard InChI is InChI=1S/C9H13Cl4O4P/c1-5(2)15-18(14,16-6(3)8(10)11)17-7(4)9(12)13/h5H,1-4H3. The number of hydrogen-bond acceptors (Lipinski definition) is 4. The molecule has 0 aliphatic rings. The van der Waals surface area contributed by atoms with E-state index < -0.39 is 13.9 Å². The highest BCUT2D eigenvalue weighted by molar-refractivity contribution is 7.48. The maximum absolute atomic E-state index is 12.3. The second kappa shape index (κ2) is 7.88. The first kappa shape index (κ1) is 18.4. The average molecular weight is 358 g/mol. The Morgan fingerprint density at radius 1 is 0.944 bits per heavy atom. The van der Waals surface area contributed by atoms with Crippen LogP contribution in [0.4, 0.5) is 0 Å². The first-order valence-electron chi connectivity index (χ1n) is 4.78. The van der Waals surface area contributed by atoms with Gasteiger partial charge in [0.2, 0.25) is 0 Å². The zero-order valence-electron chi connectivity index (χ0n) is 10.2. The molecule has 0 aromatic rings. The Morgan fingerprint density at radius 2 is 1.28 bits per heavy atom. The number of halogens is 4. The van der Waals surface area contributed by atoms with Gasteiger partial charge in [0, 0.05) is 0 Å². The van der Waals surface area contributed by atoms with Crippen molar-refractivity contribution < 1.29 is 18.1 Å². The molecule has 0 spiro atoms. The van der Waals surface area contributed by atoms with Crippen molar-refractivity contribution in [2.75, 3.05) is 0 Å². The van der Waals surface area contributed by atoms with Crippen LogP contribution in [0.2, 0.25) is 0 Å². The minimum Gasteiger partial charge on any atom is -0.397 e. The van der Waals surface area contributed by atoms with Crippen molar-refractivity contribution in [1.29, 1.82) is 0 Å². The van der Waals surface area contributed by atoms with E-state index in [2.05, 4.69) is 0 Å². The zero-order chi connectivity index (χ0) is 14.5. The molecule has 0 unspecified atom stereocenters. The predicted octanol–water partition coefficient (Wildman–Crippen LogP) is 5.89. The van der Waals surface area contributed by atoms with E-state index in [1.807, 2.05) is 0 Å². The molecular formula is C9H13Cl4O4P. The fourth-order valence-corrected chi connectivity index (χ4v) is 2.59. The largest absolute Gasteiger partial charge is 0.587 e. The quantitative estimate of drug-likeness (QED) is 0.439. The molecule has 0 amide bonds. The summed E-state index contributed by atoms with van der Waals surface area (Å²) in [6.07, 6.45) is -0.417. The predicted molar refractivity (Wildman–Crippen MR) is 74.8 cm³/mol. The molecule has 0 aliphatic carbocycles. The van der Waals surface area contributed by atoms with Gasteiger partial charge in [-0.3, -0.25) is 4.52 Å². The summed E-state index contributed by atoms with van der Waals surface area (Å²) in [4.78, 5) is 0. The van der Waals surface area contributed by atoms with Crippen molar-refractivity contribution in [1.82, 2.24) is 0 Å². The van der Waals surface area contributed by atoms with Gasteiger partial charge in [0.15, 0.2) is 0 Å². The highest BCUT2D eigenvalue weighted by Crippen LogP contribution is 2.55. The smallest absolute Gasteiger partial charge is 0.397 e. The van der Waals surface area contributed by atoms with Crippen LogP contribution in [-0.2, 0) is 18.1 Å². The molecule has 0 radical (unpaired) electrons. The SMILES string of the molecule is CC(OP(=O)(OC(C)=C(Cl)Cl)OC(C)C)=C(Cl)Cl. The maximum Gasteiger partial charge on any atom is 0.587 e. The van der Waals surface area contributed by atoms with Crippen LogP contribution in [0.5, 0.6) is 0 Å². The van der Waals surface area contributed by atoms with Gasteiger partial charge in [0.05, 0.1) is 6.10 Å². The summed E-state index contributed by atoms with van der Waals surface area (Å²) in [7, 11) is -3.95. The van der Waals surface area contributed by atoms with Gasteiger partial charge in [-0.15, -0.1) is 0 Å². The number of allylic oxidation sites excluding steroid dienone is 2. The van der Waals surface area contributed by atoms with Gasteiger partial charge in [-0.05, 0) is 27.7 Å². The molecule has 9 heteroatoms. The van der Waals surface area contributed by atoms with Crippen LogP contribution in [0.1, 0.15) is 27.7 Å². The molecule has 0 N–H and O–H groups in total. The van der Waals surface area contributed by atoms with Crippen molar-refractivity contribution in [3.63, 3.8) is 0 Å². The van der Waals surface area contributed by atoms with Crippen LogP contribution >= 0.6 is 54.2 Å². The molecule has 0 rings (SSSR count). The van der Waals surface area contributed by atoms with Crippen LogP contribution in [0, 0.1) is 0 Å². The first-order chi connectivity index (χ1) is 8.07. The Kier molecular flexibility index (Phi) is 8.07.